The lowest BCUT2D eigenvalue weighted by Crippen LogP contribution is -2.33. The van der Waals surface area contributed by atoms with Gasteiger partial charge >= 0.3 is 0 Å². The average Bonchev–Trinajstić information content (AvgIpc) is 2.93. The fourth-order valence-corrected chi connectivity index (χ4v) is 2.52. The molecule has 0 saturated carbocycles. The highest BCUT2D eigenvalue weighted by molar-refractivity contribution is 7.09. The zero-order valence-corrected chi connectivity index (χ0v) is 12.2. The summed E-state index contributed by atoms with van der Waals surface area (Å²) >= 11 is 1.73. The highest BCUT2D eigenvalue weighted by Gasteiger charge is 1.99. The van der Waals surface area contributed by atoms with Crippen molar-refractivity contribution in [2.75, 3.05) is 6.54 Å². The summed E-state index contributed by atoms with van der Waals surface area (Å²) in [6.45, 7) is 2.96. The van der Waals surface area contributed by atoms with Crippen LogP contribution in [-0.4, -0.2) is 12.5 Å². The van der Waals surface area contributed by atoms with E-state index in [1.54, 1.807) is 30.4 Å². The van der Waals surface area contributed by atoms with E-state index in [2.05, 4.69) is 21.8 Å². The molecule has 2 rings (SSSR count). The number of rotatable bonds is 5. The number of hydrogen-bond acceptors (Lipinski definition) is 2. The van der Waals surface area contributed by atoms with Crippen molar-refractivity contribution in [2.24, 2.45) is 10.7 Å². The second-order valence-electron chi connectivity index (χ2n) is 4.54. The Morgan fingerprint density at radius 1 is 1.40 bits per heavy atom. The van der Waals surface area contributed by atoms with Crippen LogP contribution in [0.5, 0.6) is 0 Å². The van der Waals surface area contributed by atoms with E-state index < -0.39 is 0 Å². The Morgan fingerprint density at radius 3 is 2.95 bits per heavy atom. The minimum atomic E-state index is -0.195. The number of nitrogens with two attached hydrogens (primary N) is 1. The van der Waals surface area contributed by atoms with E-state index in [-0.39, 0.29) is 5.82 Å². The summed E-state index contributed by atoms with van der Waals surface area (Å²) in [5.41, 5.74) is 7.37. The summed E-state index contributed by atoms with van der Waals surface area (Å²) in [7, 11) is 0. The number of aryl methyl sites for hydroxylation is 1. The molecular formula is C15H18FN3S. The van der Waals surface area contributed by atoms with E-state index in [0.717, 1.165) is 18.5 Å². The topological polar surface area (TPSA) is 50.4 Å². The molecule has 106 valence electrons. The standard InChI is InChI=1S/C15H18FN3S/c1-11-9-12(4-5-14(11)16)10-19-15(17)18-7-6-13-3-2-8-20-13/h2-5,8-9H,6-7,10H2,1H3,(H3,17,18,19). The molecule has 0 fully saturated rings. The van der Waals surface area contributed by atoms with Crippen molar-refractivity contribution in [1.82, 2.24) is 5.32 Å². The predicted molar refractivity (Wildman–Crippen MR) is 82.5 cm³/mol. The first-order valence-corrected chi connectivity index (χ1v) is 7.34. The van der Waals surface area contributed by atoms with Gasteiger partial charge in [0.05, 0.1) is 6.54 Å². The monoisotopic (exact) mass is 291 g/mol. The van der Waals surface area contributed by atoms with Crippen LogP contribution in [0.15, 0.2) is 40.7 Å². The lowest BCUT2D eigenvalue weighted by atomic mass is 10.1. The van der Waals surface area contributed by atoms with E-state index in [0.29, 0.717) is 18.1 Å². The van der Waals surface area contributed by atoms with Gasteiger partial charge in [-0.05, 0) is 42.0 Å². The predicted octanol–water partition coefficient (Wildman–Crippen LogP) is 2.84. The van der Waals surface area contributed by atoms with Crippen LogP contribution in [0.4, 0.5) is 4.39 Å². The van der Waals surface area contributed by atoms with Crippen LogP contribution in [0.2, 0.25) is 0 Å². The van der Waals surface area contributed by atoms with Gasteiger partial charge in [-0.2, -0.15) is 0 Å². The summed E-state index contributed by atoms with van der Waals surface area (Å²) in [6.07, 6.45) is 0.934. The Labute approximate surface area is 122 Å². The van der Waals surface area contributed by atoms with Gasteiger partial charge < -0.3 is 11.1 Å². The van der Waals surface area contributed by atoms with Crippen LogP contribution in [0.1, 0.15) is 16.0 Å². The molecule has 0 radical (unpaired) electrons. The average molecular weight is 291 g/mol. The van der Waals surface area contributed by atoms with Gasteiger partial charge in [0.1, 0.15) is 5.82 Å². The number of nitrogens with zero attached hydrogens (tertiary/aromatic N) is 1. The number of halogens is 1. The number of benzene rings is 1. The molecule has 0 amide bonds. The van der Waals surface area contributed by atoms with Crippen LogP contribution in [0.25, 0.3) is 0 Å². The van der Waals surface area contributed by atoms with E-state index in [4.69, 9.17) is 5.73 Å². The van der Waals surface area contributed by atoms with Crippen molar-refractivity contribution in [2.45, 2.75) is 19.9 Å². The molecule has 0 aliphatic rings. The molecule has 0 saturated heterocycles. The van der Waals surface area contributed by atoms with Crippen molar-refractivity contribution >= 4 is 17.3 Å². The number of guanidine groups is 1. The van der Waals surface area contributed by atoms with Crippen molar-refractivity contribution in [3.63, 3.8) is 0 Å². The van der Waals surface area contributed by atoms with E-state index in [1.165, 1.54) is 10.9 Å². The second kappa shape index (κ2) is 7.05. The molecule has 1 aromatic heterocycles. The normalized spacial score (nSPS) is 11.6. The number of thiophene rings is 1. The molecule has 0 bridgehead atoms. The molecule has 20 heavy (non-hydrogen) atoms. The summed E-state index contributed by atoms with van der Waals surface area (Å²) in [6, 6.07) is 9.11. The molecule has 3 N–H and O–H groups in total. The number of hydrogen-bond donors (Lipinski definition) is 2. The summed E-state index contributed by atoms with van der Waals surface area (Å²) < 4.78 is 13.1. The molecule has 5 heteroatoms. The maximum atomic E-state index is 13.1. The first kappa shape index (κ1) is 14.5. The summed E-state index contributed by atoms with van der Waals surface area (Å²) in [4.78, 5) is 5.57. The van der Waals surface area contributed by atoms with Crippen LogP contribution in [-0.2, 0) is 13.0 Å². The molecule has 0 atom stereocenters. The molecule has 0 spiro atoms. The van der Waals surface area contributed by atoms with E-state index in [1.807, 2.05) is 6.07 Å². The first-order chi connectivity index (χ1) is 9.65. The van der Waals surface area contributed by atoms with Gasteiger partial charge in [0.25, 0.3) is 0 Å². The number of aliphatic imine (C=N–C) groups is 1. The minimum absolute atomic E-state index is 0.195. The van der Waals surface area contributed by atoms with Gasteiger partial charge in [-0.3, -0.25) is 0 Å². The largest absolute Gasteiger partial charge is 0.370 e. The van der Waals surface area contributed by atoms with Crippen LogP contribution in [0.3, 0.4) is 0 Å². The van der Waals surface area contributed by atoms with Gasteiger partial charge in [-0.15, -0.1) is 11.3 Å². The fourth-order valence-electron chi connectivity index (χ4n) is 1.81. The Kier molecular flexibility index (Phi) is 5.12. The van der Waals surface area contributed by atoms with E-state index in [9.17, 15) is 4.39 Å². The maximum absolute atomic E-state index is 13.1. The third-order valence-electron chi connectivity index (χ3n) is 2.91. The van der Waals surface area contributed by atoms with E-state index >= 15 is 0 Å². The van der Waals surface area contributed by atoms with Gasteiger partial charge in [0.2, 0.25) is 0 Å². The zero-order chi connectivity index (χ0) is 14.4. The van der Waals surface area contributed by atoms with Crippen molar-refractivity contribution in [3.05, 3.63) is 57.5 Å². The fraction of sp³-hybridized carbons (Fsp3) is 0.267. The molecule has 1 aromatic carbocycles. The Morgan fingerprint density at radius 2 is 2.25 bits per heavy atom. The third-order valence-corrected chi connectivity index (χ3v) is 3.85. The van der Waals surface area contributed by atoms with Gasteiger partial charge in [0, 0.05) is 11.4 Å². The number of nitrogens with one attached hydrogen (secondary N) is 1. The second-order valence-corrected chi connectivity index (χ2v) is 5.57. The Hall–Kier alpha value is -1.88. The molecule has 1 heterocycles. The third kappa shape index (κ3) is 4.35. The Balaban J connectivity index is 1.79. The summed E-state index contributed by atoms with van der Waals surface area (Å²) in [5, 5.41) is 5.14. The Bertz CT molecular complexity index is 579. The zero-order valence-electron chi connectivity index (χ0n) is 11.4. The van der Waals surface area contributed by atoms with Crippen molar-refractivity contribution < 1.29 is 4.39 Å². The molecule has 0 aliphatic carbocycles. The molecule has 0 unspecified atom stereocenters. The summed E-state index contributed by atoms with van der Waals surface area (Å²) in [5.74, 6) is 0.225. The lowest BCUT2D eigenvalue weighted by molar-refractivity contribution is 0.617. The smallest absolute Gasteiger partial charge is 0.188 e. The highest BCUT2D eigenvalue weighted by atomic mass is 32.1. The first-order valence-electron chi connectivity index (χ1n) is 6.46. The highest BCUT2D eigenvalue weighted by Crippen LogP contribution is 2.10. The van der Waals surface area contributed by atoms with Crippen LogP contribution in [0, 0.1) is 12.7 Å². The van der Waals surface area contributed by atoms with Crippen molar-refractivity contribution in [1.29, 1.82) is 0 Å². The lowest BCUT2D eigenvalue weighted by Gasteiger charge is -2.05. The van der Waals surface area contributed by atoms with Gasteiger partial charge in [0.15, 0.2) is 5.96 Å². The van der Waals surface area contributed by atoms with Gasteiger partial charge in [-0.25, -0.2) is 9.38 Å². The maximum Gasteiger partial charge on any atom is 0.188 e. The van der Waals surface area contributed by atoms with Crippen LogP contribution >= 0.6 is 11.3 Å². The minimum Gasteiger partial charge on any atom is -0.370 e. The van der Waals surface area contributed by atoms with Crippen LogP contribution < -0.4 is 11.1 Å². The SMILES string of the molecule is Cc1cc(CN=C(N)NCCc2cccs2)ccc1F. The molecule has 2 aromatic rings. The quantitative estimate of drug-likeness (QED) is 0.657. The van der Waals surface area contributed by atoms with Crippen molar-refractivity contribution in [3.8, 4) is 0 Å². The molecular weight excluding hydrogens is 273 g/mol. The molecule has 0 aliphatic heterocycles. The van der Waals surface area contributed by atoms with Gasteiger partial charge in [-0.1, -0.05) is 18.2 Å². The molecule has 3 nitrogen and oxygen atoms in total.